The summed E-state index contributed by atoms with van der Waals surface area (Å²) in [5, 5.41) is 11.5. The Bertz CT molecular complexity index is 476. The number of methoxy groups -OCH3 is 1. The summed E-state index contributed by atoms with van der Waals surface area (Å²) in [5.41, 5.74) is 0.611. The van der Waals surface area contributed by atoms with Crippen molar-refractivity contribution in [1.29, 1.82) is 0 Å². The Hall–Kier alpha value is -2.08. The Kier molecular flexibility index (Phi) is 7.25. The van der Waals surface area contributed by atoms with Crippen LogP contribution in [0.1, 0.15) is 19.8 Å². The molecule has 0 unspecified atom stereocenters. The molecule has 0 saturated heterocycles. The van der Waals surface area contributed by atoms with Crippen molar-refractivity contribution in [1.82, 2.24) is 4.90 Å². The number of para-hydroxylation sites is 2. The second-order valence-electron chi connectivity index (χ2n) is 4.67. The van der Waals surface area contributed by atoms with Gasteiger partial charge in [0.2, 0.25) is 5.91 Å². The van der Waals surface area contributed by atoms with Crippen molar-refractivity contribution in [2.75, 3.05) is 32.1 Å². The van der Waals surface area contributed by atoms with E-state index in [1.54, 1.807) is 19.2 Å². The Labute approximate surface area is 124 Å². The summed E-state index contributed by atoms with van der Waals surface area (Å²) in [6, 6.07) is 7.17. The van der Waals surface area contributed by atoms with Crippen molar-refractivity contribution < 1.29 is 19.4 Å². The van der Waals surface area contributed by atoms with E-state index in [0.717, 1.165) is 6.42 Å². The zero-order valence-electron chi connectivity index (χ0n) is 12.5. The van der Waals surface area contributed by atoms with E-state index in [9.17, 15) is 9.59 Å². The Morgan fingerprint density at radius 2 is 2.00 bits per heavy atom. The fourth-order valence-electron chi connectivity index (χ4n) is 1.98. The number of carboxylic acids is 1. The van der Waals surface area contributed by atoms with Crippen LogP contribution in [0.15, 0.2) is 24.3 Å². The van der Waals surface area contributed by atoms with Crippen molar-refractivity contribution in [3.8, 4) is 5.75 Å². The van der Waals surface area contributed by atoms with E-state index in [1.165, 1.54) is 0 Å². The maximum Gasteiger partial charge on any atom is 0.304 e. The minimum absolute atomic E-state index is 0.0297. The van der Waals surface area contributed by atoms with Crippen molar-refractivity contribution in [3.05, 3.63) is 24.3 Å². The zero-order chi connectivity index (χ0) is 15.7. The number of ether oxygens (including phenoxy) is 1. The van der Waals surface area contributed by atoms with Gasteiger partial charge in [-0.05, 0) is 25.1 Å². The molecular formula is C15H22N2O4. The van der Waals surface area contributed by atoms with E-state index in [0.29, 0.717) is 24.5 Å². The van der Waals surface area contributed by atoms with Crippen LogP contribution in [0.2, 0.25) is 0 Å². The van der Waals surface area contributed by atoms with Gasteiger partial charge in [-0.2, -0.15) is 0 Å². The average Bonchev–Trinajstić information content (AvgIpc) is 2.45. The standard InChI is InChI=1S/C15H22N2O4/c1-3-9-17(10-8-15(19)20)11-14(18)16-12-6-4-5-7-13(12)21-2/h4-7H,3,8-11H2,1-2H3,(H,16,18)(H,19,20). The molecule has 21 heavy (non-hydrogen) atoms. The number of hydrogen-bond acceptors (Lipinski definition) is 4. The molecule has 116 valence electrons. The first-order valence-electron chi connectivity index (χ1n) is 6.93. The van der Waals surface area contributed by atoms with E-state index in [-0.39, 0.29) is 18.9 Å². The van der Waals surface area contributed by atoms with Gasteiger partial charge < -0.3 is 15.2 Å². The number of nitrogens with zero attached hydrogens (tertiary/aromatic N) is 1. The SMILES string of the molecule is CCCN(CCC(=O)O)CC(=O)Nc1ccccc1OC. The third kappa shape index (κ3) is 6.27. The second-order valence-corrected chi connectivity index (χ2v) is 4.67. The van der Waals surface area contributed by atoms with Crippen molar-refractivity contribution in [2.24, 2.45) is 0 Å². The molecule has 0 aliphatic carbocycles. The van der Waals surface area contributed by atoms with Crippen LogP contribution in [-0.4, -0.2) is 48.6 Å². The van der Waals surface area contributed by atoms with Crippen LogP contribution in [0, 0.1) is 0 Å². The fraction of sp³-hybridized carbons (Fsp3) is 0.467. The number of aliphatic carboxylic acids is 1. The molecule has 1 rings (SSSR count). The molecule has 0 spiro atoms. The lowest BCUT2D eigenvalue weighted by Crippen LogP contribution is -2.35. The molecule has 6 nitrogen and oxygen atoms in total. The quantitative estimate of drug-likeness (QED) is 0.726. The number of nitrogens with one attached hydrogen (secondary N) is 1. The number of amides is 1. The highest BCUT2D eigenvalue weighted by atomic mass is 16.5. The summed E-state index contributed by atoms with van der Waals surface area (Å²) in [6.45, 7) is 3.21. The average molecular weight is 294 g/mol. The van der Waals surface area contributed by atoms with Crippen LogP contribution in [0.5, 0.6) is 5.75 Å². The van der Waals surface area contributed by atoms with Crippen LogP contribution >= 0.6 is 0 Å². The third-order valence-corrected chi connectivity index (χ3v) is 2.93. The molecule has 1 aromatic rings. The van der Waals surface area contributed by atoms with E-state index in [1.807, 2.05) is 24.0 Å². The highest BCUT2D eigenvalue weighted by Crippen LogP contribution is 2.22. The first kappa shape index (κ1) is 17.0. The van der Waals surface area contributed by atoms with E-state index < -0.39 is 5.97 Å². The molecule has 0 aromatic heterocycles. The van der Waals surface area contributed by atoms with Gasteiger partial charge in [0.15, 0.2) is 0 Å². The largest absolute Gasteiger partial charge is 0.495 e. The van der Waals surface area contributed by atoms with Gasteiger partial charge in [-0.15, -0.1) is 0 Å². The summed E-state index contributed by atoms with van der Waals surface area (Å²) in [4.78, 5) is 24.5. The first-order valence-corrected chi connectivity index (χ1v) is 6.93. The Morgan fingerprint density at radius 3 is 2.62 bits per heavy atom. The van der Waals surface area contributed by atoms with Crippen LogP contribution in [0.4, 0.5) is 5.69 Å². The molecular weight excluding hydrogens is 272 g/mol. The maximum atomic E-state index is 12.1. The Balaban J connectivity index is 2.58. The number of rotatable bonds is 9. The zero-order valence-corrected chi connectivity index (χ0v) is 12.5. The highest BCUT2D eigenvalue weighted by molar-refractivity contribution is 5.93. The molecule has 0 fully saturated rings. The van der Waals surface area contributed by atoms with Crippen LogP contribution in [-0.2, 0) is 9.59 Å². The lowest BCUT2D eigenvalue weighted by atomic mass is 10.3. The third-order valence-electron chi connectivity index (χ3n) is 2.93. The van der Waals surface area contributed by atoms with Crippen LogP contribution in [0.3, 0.4) is 0 Å². The number of carbonyl (C=O) groups is 2. The van der Waals surface area contributed by atoms with E-state index in [2.05, 4.69) is 5.32 Å². The molecule has 0 saturated carbocycles. The number of hydrogen-bond donors (Lipinski definition) is 2. The highest BCUT2D eigenvalue weighted by Gasteiger charge is 2.13. The molecule has 2 N–H and O–H groups in total. The lowest BCUT2D eigenvalue weighted by molar-refractivity contribution is -0.137. The smallest absolute Gasteiger partial charge is 0.304 e. The van der Waals surface area contributed by atoms with Crippen LogP contribution < -0.4 is 10.1 Å². The lowest BCUT2D eigenvalue weighted by Gasteiger charge is -2.20. The number of carbonyl (C=O) groups excluding carboxylic acids is 1. The van der Waals surface area contributed by atoms with E-state index >= 15 is 0 Å². The maximum absolute atomic E-state index is 12.1. The van der Waals surface area contributed by atoms with Gasteiger partial charge in [0, 0.05) is 6.54 Å². The van der Waals surface area contributed by atoms with Gasteiger partial charge in [0.25, 0.3) is 0 Å². The molecule has 0 heterocycles. The topological polar surface area (TPSA) is 78.9 Å². The van der Waals surface area contributed by atoms with Gasteiger partial charge in [0.1, 0.15) is 5.75 Å². The second kappa shape index (κ2) is 8.97. The predicted octanol–water partition coefficient (Wildman–Crippen LogP) is 1.82. The molecule has 0 radical (unpaired) electrons. The van der Waals surface area contributed by atoms with Gasteiger partial charge in [-0.3, -0.25) is 14.5 Å². The minimum Gasteiger partial charge on any atom is -0.495 e. The van der Waals surface area contributed by atoms with Crippen LogP contribution in [0.25, 0.3) is 0 Å². The Morgan fingerprint density at radius 1 is 1.29 bits per heavy atom. The summed E-state index contributed by atoms with van der Waals surface area (Å²) >= 11 is 0. The number of carboxylic acid groups (broad SMARTS) is 1. The minimum atomic E-state index is -0.860. The molecule has 0 bridgehead atoms. The van der Waals surface area contributed by atoms with Gasteiger partial charge >= 0.3 is 5.97 Å². The fourth-order valence-corrected chi connectivity index (χ4v) is 1.98. The summed E-state index contributed by atoms with van der Waals surface area (Å²) in [6.07, 6.45) is 0.892. The summed E-state index contributed by atoms with van der Waals surface area (Å²) in [5.74, 6) is -0.446. The molecule has 0 aliphatic heterocycles. The first-order chi connectivity index (χ1) is 10.1. The summed E-state index contributed by atoms with van der Waals surface area (Å²) < 4.78 is 5.17. The van der Waals surface area contributed by atoms with Gasteiger partial charge in [0.05, 0.1) is 25.8 Å². The normalized spacial score (nSPS) is 10.4. The van der Waals surface area contributed by atoms with Gasteiger partial charge in [-0.1, -0.05) is 19.1 Å². The van der Waals surface area contributed by atoms with Crippen molar-refractivity contribution in [2.45, 2.75) is 19.8 Å². The molecule has 1 aromatic carbocycles. The molecule has 0 aliphatic rings. The predicted molar refractivity (Wildman–Crippen MR) is 80.6 cm³/mol. The van der Waals surface area contributed by atoms with Crippen molar-refractivity contribution in [3.63, 3.8) is 0 Å². The van der Waals surface area contributed by atoms with Crippen molar-refractivity contribution >= 4 is 17.6 Å². The number of anilines is 1. The summed E-state index contributed by atoms with van der Waals surface area (Å²) in [7, 11) is 1.54. The van der Waals surface area contributed by atoms with Gasteiger partial charge in [-0.25, -0.2) is 0 Å². The molecule has 1 amide bonds. The van der Waals surface area contributed by atoms with E-state index in [4.69, 9.17) is 9.84 Å². The molecule has 6 heteroatoms. The number of benzene rings is 1. The molecule has 0 atom stereocenters. The monoisotopic (exact) mass is 294 g/mol.